The van der Waals surface area contributed by atoms with Crippen LogP contribution in [0.5, 0.6) is 0 Å². The van der Waals surface area contributed by atoms with Crippen LogP contribution < -0.4 is 5.32 Å². The van der Waals surface area contributed by atoms with Crippen molar-refractivity contribution in [1.82, 2.24) is 5.32 Å². The highest BCUT2D eigenvalue weighted by atomic mass is 16.7. The fourth-order valence-electron chi connectivity index (χ4n) is 1.64. The van der Waals surface area contributed by atoms with Crippen molar-refractivity contribution in [1.29, 1.82) is 0 Å². The van der Waals surface area contributed by atoms with Crippen molar-refractivity contribution in [2.45, 2.75) is 40.0 Å². The number of aliphatic imine (C=N–C) groups is 1. The van der Waals surface area contributed by atoms with Gasteiger partial charge in [0.15, 0.2) is 0 Å². The highest BCUT2D eigenvalue weighted by Gasteiger charge is 2.38. The van der Waals surface area contributed by atoms with Crippen LogP contribution in [-0.4, -0.2) is 26.0 Å². The molecule has 1 aliphatic heterocycles. The van der Waals surface area contributed by atoms with Crippen molar-refractivity contribution in [2.75, 3.05) is 14.2 Å². The number of hydrogen-bond donors (Lipinski definition) is 1. The highest BCUT2D eigenvalue weighted by molar-refractivity contribution is 5.89. The summed E-state index contributed by atoms with van der Waals surface area (Å²) < 4.78 is 10.9. The first kappa shape index (κ1) is 13.2. The molecule has 16 heavy (non-hydrogen) atoms. The Kier molecular flexibility index (Phi) is 3.76. The monoisotopic (exact) mass is 226 g/mol. The number of methoxy groups -OCH3 is 2. The van der Waals surface area contributed by atoms with Crippen LogP contribution >= 0.6 is 0 Å². The Morgan fingerprint density at radius 2 is 1.88 bits per heavy atom. The molecule has 1 N–H and O–H groups in total. The molecule has 1 rings (SSSR count). The van der Waals surface area contributed by atoms with Gasteiger partial charge in [-0.15, -0.1) is 0 Å². The summed E-state index contributed by atoms with van der Waals surface area (Å²) in [6.07, 6.45) is 2.76. The second-order valence-electron chi connectivity index (χ2n) is 4.87. The predicted molar refractivity (Wildman–Crippen MR) is 65.1 cm³/mol. The van der Waals surface area contributed by atoms with E-state index in [1.807, 2.05) is 6.20 Å². The van der Waals surface area contributed by atoms with E-state index in [1.54, 1.807) is 14.2 Å². The number of hydrogen-bond acceptors (Lipinski definition) is 4. The van der Waals surface area contributed by atoms with Crippen molar-refractivity contribution in [3.63, 3.8) is 0 Å². The molecule has 0 fully saturated rings. The van der Waals surface area contributed by atoms with Gasteiger partial charge in [0.2, 0.25) is 0 Å². The maximum Gasteiger partial charge on any atom is 0.296 e. The van der Waals surface area contributed by atoms with Crippen LogP contribution in [0.1, 0.15) is 34.1 Å². The zero-order chi connectivity index (χ0) is 12.4. The fraction of sp³-hybridized carbons (Fsp3) is 0.750. The number of nitrogens with one attached hydrogen (secondary N) is 1. The number of nitrogens with zero attached hydrogens (tertiary/aromatic N) is 1. The molecule has 0 saturated heterocycles. The molecule has 0 amide bonds. The molecule has 92 valence electrons. The van der Waals surface area contributed by atoms with Crippen molar-refractivity contribution >= 4 is 5.84 Å². The number of rotatable bonds is 3. The third-order valence-corrected chi connectivity index (χ3v) is 2.69. The largest absolute Gasteiger partial charge is 0.350 e. The van der Waals surface area contributed by atoms with Gasteiger partial charge >= 0.3 is 0 Å². The molecule has 0 aromatic rings. The van der Waals surface area contributed by atoms with Crippen LogP contribution in [-0.2, 0) is 9.47 Å². The molecular weight excluding hydrogens is 204 g/mol. The third-order valence-electron chi connectivity index (χ3n) is 2.69. The third kappa shape index (κ3) is 2.28. The van der Waals surface area contributed by atoms with E-state index in [-0.39, 0.29) is 5.41 Å². The lowest BCUT2D eigenvalue weighted by atomic mass is 9.93. The van der Waals surface area contributed by atoms with E-state index in [4.69, 9.17) is 9.47 Å². The van der Waals surface area contributed by atoms with Gasteiger partial charge in [-0.1, -0.05) is 27.7 Å². The smallest absolute Gasteiger partial charge is 0.296 e. The Morgan fingerprint density at radius 1 is 1.31 bits per heavy atom. The number of ether oxygens (including phenoxy) is 2. The zero-order valence-electron chi connectivity index (χ0n) is 11.0. The summed E-state index contributed by atoms with van der Waals surface area (Å²) in [6, 6.07) is 0. The molecular formula is C12H22N2O2. The van der Waals surface area contributed by atoms with E-state index in [2.05, 4.69) is 38.0 Å². The Balaban J connectivity index is 3.12. The van der Waals surface area contributed by atoms with Crippen molar-refractivity contribution in [3.8, 4) is 0 Å². The molecule has 0 aromatic carbocycles. The van der Waals surface area contributed by atoms with Gasteiger partial charge in [0.05, 0.1) is 0 Å². The first-order valence-electron chi connectivity index (χ1n) is 5.56. The Morgan fingerprint density at radius 3 is 2.25 bits per heavy atom. The highest BCUT2D eigenvalue weighted by Crippen LogP contribution is 2.31. The lowest BCUT2D eigenvalue weighted by Gasteiger charge is -2.35. The SMILES string of the molecule is CCC1=CNC(C(C)(C)C)=NC1(OC)OC. The molecule has 1 heterocycles. The second kappa shape index (κ2) is 4.55. The fourth-order valence-corrected chi connectivity index (χ4v) is 1.64. The molecule has 0 radical (unpaired) electrons. The molecule has 0 unspecified atom stereocenters. The summed E-state index contributed by atoms with van der Waals surface area (Å²) in [5.41, 5.74) is 0.934. The van der Waals surface area contributed by atoms with Gasteiger partial charge in [-0.2, -0.15) is 0 Å². The molecule has 0 atom stereocenters. The van der Waals surface area contributed by atoms with Gasteiger partial charge in [-0.25, -0.2) is 4.99 Å². The molecule has 0 aromatic heterocycles. The maximum absolute atomic E-state index is 5.44. The van der Waals surface area contributed by atoms with Crippen LogP contribution in [0.4, 0.5) is 0 Å². The first-order valence-corrected chi connectivity index (χ1v) is 5.56. The summed E-state index contributed by atoms with van der Waals surface area (Å²) in [6.45, 7) is 8.34. The molecule has 0 aliphatic carbocycles. The summed E-state index contributed by atoms with van der Waals surface area (Å²) in [4.78, 5) is 4.57. The minimum absolute atomic E-state index is 0.0575. The summed E-state index contributed by atoms with van der Waals surface area (Å²) in [5, 5.41) is 3.21. The average Bonchev–Trinajstić information content (AvgIpc) is 2.26. The van der Waals surface area contributed by atoms with Crippen LogP contribution in [0, 0.1) is 5.41 Å². The van der Waals surface area contributed by atoms with E-state index in [1.165, 1.54) is 0 Å². The van der Waals surface area contributed by atoms with Gasteiger partial charge in [0, 0.05) is 31.4 Å². The topological polar surface area (TPSA) is 42.9 Å². The van der Waals surface area contributed by atoms with Crippen LogP contribution in [0.25, 0.3) is 0 Å². The minimum atomic E-state index is -0.956. The summed E-state index contributed by atoms with van der Waals surface area (Å²) in [7, 11) is 3.23. The van der Waals surface area contributed by atoms with Gasteiger partial charge < -0.3 is 14.8 Å². The average molecular weight is 226 g/mol. The number of amidine groups is 1. The molecule has 4 heteroatoms. The van der Waals surface area contributed by atoms with Crippen LogP contribution in [0.15, 0.2) is 16.8 Å². The summed E-state index contributed by atoms with van der Waals surface area (Å²) >= 11 is 0. The predicted octanol–water partition coefficient (Wildman–Crippen LogP) is 2.27. The molecule has 4 nitrogen and oxygen atoms in total. The van der Waals surface area contributed by atoms with E-state index in [0.29, 0.717) is 0 Å². The Labute approximate surface area is 97.7 Å². The quantitative estimate of drug-likeness (QED) is 0.751. The van der Waals surface area contributed by atoms with Crippen molar-refractivity contribution in [3.05, 3.63) is 11.8 Å². The Bertz CT molecular complexity index is 309. The van der Waals surface area contributed by atoms with Crippen LogP contribution in [0.2, 0.25) is 0 Å². The Hall–Kier alpha value is -0.870. The molecule has 0 saturated carbocycles. The van der Waals surface area contributed by atoms with E-state index in [9.17, 15) is 0 Å². The lowest BCUT2D eigenvalue weighted by Crippen LogP contribution is -2.45. The van der Waals surface area contributed by atoms with E-state index in [0.717, 1.165) is 17.8 Å². The molecule has 0 bridgehead atoms. The summed E-state index contributed by atoms with van der Waals surface area (Å²) in [5.74, 6) is -0.0869. The molecule has 0 spiro atoms. The van der Waals surface area contributed by atoms with Crippen molar-refractivity contribution < 1.29 is 9.47 Å². The van der Waals surface area contributed by atoms with Crippen molar-refractivity contribution in [2.24, 2.45) is 10.4 Å². The van der Waals surface area contributed by atoms with Gasteiger partial charge in [0.1, 0.15) is 5.84 Å². The molecule has 1 aliphatic rings. The van der Waals surface area contributed by atoms with Crippen LogP contribution in [0.3, 0.4) is 0 Å². The standard InChI is InChI=1S/C12H22N2O2/c1-7-9-8-13-10(11(2,3)4)14-12(9,15-5)16-6/h8H,7H2,1-6H3,(H,13,14). The maximum atomic E-state index is 5.44. The normalized spacial score (nSPS) is 19.9. The van der Waals surface area contributed by atoms with E-state index >= 15 is 0 Å². The van der Waals surface area contributed by atoms with Gasteiger partial charge in [-0.05, 0) is 6.42 Å². The minimum Gasteiger partial charge on any atom is -0.350 e. The lowest BCUT2D eigenvalue weighted by molar-refractivity contribution is -0.174. The van der Waals surface area contributed by atoms with Gasteiger partial charge in [-0.3, -0.25) is 0 Å². The zero-order valence-corrected chi connectivity index (χ0v) is 11.0. The van der Waals surface area contributed by atoms with E-state index < -0.39 is 5.91 Å². The first-order chi connectivity index (χ1) is 7.39. The second-order valence-corrected chi connectivity index (χ2v) is 4.87. The van der Waals surface area contributed by atoms with Gasteiger partial charge in [0.25, 0.3) is 5.91 Å².